The predicted molar refractivity (Wildman–Crippen MR) is 130 cm³/mol. The summed E-state index contributed by atoms with van der Waals surface area (Å²) in [5, 5.41) is 6.68. The second kappa shape index (κ2) is 8.53. The molecule has 2 saturated heterocycles. The van der Waals surface area contributed by atoms with Gasteiger partial charge in [0.25, 0.3) is 0 Å². The monoisotopic (exact) mass is 497 g/mol. The minimum atomic E-state index is -1.33. The van der Waals surface area contributed by atoms with E-state index in [1.165, 1.54) is 4.90 Å². The SMILES string of the molecule is COc1ccc(CCN2C(=O)[C@H]3[C@@H](C2=O)[C@]2(N[C@H]3C(C)C)C(=O)Nc3c(Cl)cccc32)cc1OC. The molecule has 2 N–H and O–H groups in total. The van der Waals surface area contributed by atoms with E-state index in [0.717, 1.165) is 5.56 Å². The van der Waals surface area contributed by atoms with Gasteiger partial charge in [-0.3, -0.25) is 24.6 Å². The maximum Gasteiger partial charge on any atom is 0.250 e. The van der Waals surface area contributed by atoms with E-state index in [1.807, 2.05) is 26.0 Å². The molecule has 0 radical (unpaired) electrons. The molecule has 9 heteroatoms. The van der Waals surface area contributed by atoms with Gasteiger partial charge in [-0.05, 0) is 36.1 Å². The van der Waals surface area contributed by atoms with E-state index in [1.54, 1.807) is 38.5 Å². The molecule has 3 aliphatic rings. The van der Waals surface area contributed by atoms with Crippen LogP contribution in [0.2, 0.25) is 5.02 Å². The highest BCUT2D eigenvalue weighted by molar-refractivity contribution is 6.35. The zero-order valence-corrected chi connectivity index (χ0v) is 20.8. The average Bonchev–Trinajstić information content (AvgIpc) is 3.43. The summed E-state index contributed by atoms with van der Waals surface area (Å²) >= 11 is 6.37. The van der Waals surface area contributed by atoms with E-state index in [0.29, 0.717) is 34.2 Å². The largest absolute Gasteiger partial charge is 0.493 e. The Kier molecular flexibility index (Phi) is 5.76. The number of carbonyl (C=O) groups is 3. The van der Waals surface area contributed by atoms with Gasteiger partial charge in [0.15, 0.2) is 11.5 Å². The first kappa shape index (κ1) is 23.6. The van der Waals surface area contributed by atoms with E-state index in [9.17, 15) is 14.4 Å². The van der Waals surface area contributed by atoms with Crippen molar-refractivity contribution in [2.24, 2.45) is 17.8 Å². The number of rotatable bonds is 6. The molecular weight excluding hydrogens is 470 g/mol. The lowest BCUT2D eigenvalue weighted by Crippen LogP contribution is -2.54. The van der Waals surface area contributed by atoms with Gasteiger partial charge in [-0.1, -0.05) is 43.6 Å². The van der Waals surface area contributed by atoms with Crippen LogP contribution in [0.3, 0.4) is 0 Å². The van der Waals surface area contributed by atoms with Gasteiger partial charge in [0, 0.05) is 18.2 Å². The first-order chi connectivity index (χ1) is 16.7. The maximum absolute atomic E-state index is 13.8. The van der Waals surface area contributed by atoms with Crippen molar-refractivity contribution < 1.29 is 23.9 Å². The number of fused-ring (bicyclic) bond motifs is 4. The number of hydrogen-bond donors (Lipinski definition) is 2. The van der Waals surface area contributed by atoms with Crippen molar-refractivity contribution in [3.8, 4) is 11.5 Å². The minimum Gasteiger partial charge on any atom is -0.493 e. The van der Waals surface area contributed by atoms with Gasteiger partial charge >= 0.3 is 0 Å². The molecule has 3 heterocycles. The van der Waals surface area contributed by atoms with Gasteiger partial charge in [-0.25, -0.2) is 0 Å². The minimum absolute atomic E-state index is 0.0282. The van der Waals surface area contributed by atoms with Gasteiger partial charge in [0.05, 0.1) is 36.8 Å². The third-order valence-corrected chi connectivity index (χ3v) is 7.83. The summed E-state index contributed by atoms with van der Waals surface area (Å²) in [6, 6.07) is 10.5. The highest BCUT2D eigenvalue weighted by atomic mass is 35.5. The van der Waals surface area contributed by atoms with Crippen molar-refractivity contribution in [1.82, 2.24) is 10.2 Å². The number of carbonyl (C=O) groups excluding carboxylic acids is 3. The van der Waals surface area contributed by atoms with E-state index >= 15 is 0 Å². The fourth-order valence-corrected chi connectivity index (χ4v) is 6.08. The van der Waals surface area contributed by atoms with Crippen LogP contribution in [0.25, 0.3) is 0 Å². The van der Waals surface area contributed by atoms with Gasteiger partial charge in [-0.2, -0.15) is 0 Å². The molecule has 3 aliphatic heterocycles. The second-order valence-electron chi connectivity index (χ2n) is 9.61. The third kappa shape index (κ3) is 3.34. The van der Waals surface area contributed by atoms with Crippen LogP contribution in [-0.2, 0) is 26.3 Å². The van der Waals surface area contributed by atoms with E-state index < -0.39 is 17.4 Å². The van der Waals surface area contributed by atoms with Crippen LogP contribution in [0.5, 0.6) is 11.5 Å². The van der Waals surface area contributed by atoms with Crippen LogP contribution in [0, 0.1) is 17.8 Å². The number of nitrogens with one attached hydrogen (secondary N) is 2. The van der Waals surface area contributed by atoms with Gasteiger partial charge < -0.3 is 14.8 Å². The Labute approximate surface area is 208 Å². The van der Waals surface area contributed by atoms with Crippen molar-refractivity contribution >= 4 is 35.0 Å². The Morgan fingerprint density at radius 3 is 2.49 bits per heavy atom. The number of benzene rings is 2. The first-order valence-electron chi connectivity index (χ1n) is 11.7. The molecule has 0 aliphatic carbocycles. The average molecular weight is 498 g/mol. The summed E-state index contributed by atoms with van der Waals surface area (Å²) in [5.41, 5.74) is 0.698. The number of likely N-dealkylation sites (tertiary alicyclic amines) is 1. The van der Waals surface area contributed by atoms with Crippen molar-refractivity contribution in [2.75, 3.05) is 26.1 Å². The van der Waals surface area contributed by atoms with E-state index in [4.69, 9.17) is 21.1 Å². The van der Waals surface area contributed by atoms with Crippen LogP contribution in [0.15, 0.2) is 36.4 Å². The standard InChI is InChI=1S/C26H28ClN3O5/c1-13(2)21-19-20(26(29-21)15-6-5-7-16(27)22(15)28-25(26)33)24(32)30(23(19)31)11-10-14-8-9-17(34-3)18(12-14)35-4/h5-9,12-13,19-21,29H,10-11H2,1-4H3,(H,28,33)/t19-,20-,21-,26-/m0/s1. The predicted octanol–water partition coefficient (Wildman–Crippen LogP) is 2.98. The molecule has 1 spiro atoms. The van der Waals surface area contributed by atoms with Gasteiger partial charge in [0.1, 0.15) is 5.54 Å². The summed E-state index contributed by atoms with van der Waals surface area (Å²) in [6.07, 6.45) is 0.457. The molecule has 0 aromatic heterocycles. The Balaban J connectivity index is 1.49. The van der Waals surface area contributed by atoms with Crippen LogP contribution in [0.4, 0.5) is 5.69 Å². The molecule has 8 nitrogen and oxygen atoms in total. The summed E-state index contributed by atoms with van der Waals surface area (Å²) in [5.74, 6) is -1.18. The van der Waals surface area contributed by atoms with Crippen LogP contribution >= 0.6 is 11.6 Å². The van der Waals surface area contributed by atoms with Crippen molar-refractivity contribution in [3.63, 3.8) is 0 Å². The van der Waals surface area contributed by atoms with Crippen molar-refractivity contribution in [1.29, 1.82) is 0 Å². The molecule has 35 heavy (non-hydrogen) atoms. The number of ether oxygens (including phenoxy) is 2. The zero-order valence-electron chi connectivity index (χ0n) is 20.1. The van der Waals surface area contributed by atoms with Crippen LogP contribution < -0.4 is 20.1 Å². The smallest absolute Gasteiger partial charge is 0.250 e. The second-order valence-corrected chi connectivity index (χ2v) is 10.0. The fourth-order valence-electron chi connectivity index (χ4n) is 5.86. The maximum atomic E-state index is 13.8. The molecule has 2 aromatic carbocycles. The van der Waals surface area contributed by atoms with Crippen LogP contribution in [-0.4, -0.2) is 49.4 Å². The number of amides is 3. The van der Waals surface area contributed by atoms with Crippen LogP contribution in [0.1, 0.15) is 25.0 Å². The molecule has 3 amide bonds. The fraction of sp³-hybridized carbons (Fsp3) is 0.423. The quantitative estimate of drug-likeness (QED) is 0.596. The number of nitrogens with zero attached hydrogens (tertiary/aromatic N) is 1. The van der Waals surface area contributed by atoms with Crippen molar-refractivity contribution in [2.45, 2.75) is 31.8 Å². The molecule has 0 saturated carbocycles. The molecule has 2 fully saturated rings. The number of methoxy groups -OCH3 is 2. The lowest BCUT2D eigenvalue weighted by atomic mass is 9.76. The highest BCUT2D eigenvalue weighted by Gasteiger charge is 2.70. The summed E-state index contributed by atoms with van der Waals surface area (Å²) in [4.78, 5) is 42.2. The lowest BCUT2D eigenvalue weighted by molar-refractivity contribution is -0.142. The summed E-state index contributed by atoms with van der Waals surface area (Å²) in [6.45, 7) is 4.19. The van der Waals surface area contributed by atoms with Gasteiger partial charge in [0.2, 0.25) is 17.7 Å². The molecule has 5 rings (SSSR count). The normalized spacial score (nSPS) is 27.0. The van der Waals surface area contributed by atoms with Crippen molar-refractivity contribution in [3.05, 3.63) is 52.5 Å². The van der Waals surface area contributed by atoms with E-state index in [-0.39, 0.29) is 36.2 Å². The molecule has 184 valence electrons. The summed E-state index contributed by atoms with van der Waals surface area (Å²) < 4.78 is 10.7. The first-order valence-corrected chi connectivity index (χ1v) is 12.1. The molecule has 0 unspecified atom stereocenters. The molecular formula is C26H28ClN3O5. The number of imide groups is 1. The lowest BCUT2D eigenvalue weighted by Gasteiger charge is -2.30. The number of hydrogen-bond acceptors (Lipinski definition) is 6. The summed E-state index contributed by atoms with van der Waals surface area (Å²) in [7, 11) is 3.13. The number of anilines is 1. The molecule has 2 aromatic rings. The Morgan fingerprint density at radius 1 is 1.06 bits per heavy atom. The zero-order chi connectivity index (χ0) is 25.1. The number of halogens is 1. The third-order valence-electron chi connectivity index (χ3n) is 7.52. The molecule has 4 atom stereocenters. The Morgan fingerprint density at radius 2 is 1.80 bits per heavy atom. The number of para-hydroxylation sites is 1. The topological polar surface area (TPSA) is 97.0 Å². The Hall–Kier alpha value is -3.10. The Bertz CT molecular complexity index is 1230. The highest BCUT2D eigenvalue weighted by Crippen LogP contribution is 2.55. The van der Waals surface area contributed by atoms with E-state index in [2.05, 4.69) is 10.6 Å². The molecule has 0 bridgehead atoms. The van der Waals surface area contributed by atoms with Gasteiger partial charge in [-0.15, -0.1) is 0 Å².